The topological polar surface area (TPSA) is 36.5 Å². The maximum atomic E-state index is 13.2. The number of ether oxygens (including phenoxy) is 1. The zero-order chi connectivity index (χ0) is 16.7. The molecule has 1 atom stereocenters. The van der Waals surface area contributed by atoms with Crippen LogP contribution in [0.15, 0.2) is 36.4 Å². The Morgan fingerprint density at radius 3 is 2.57 bits per heavy atom. The van der Waals surface area contributed by atoms with Crippen LogP contribution in [0.25, 0.3) is 0 Å². The Morgan fingerprint density at radius 2 is 1.96 bits per heavy atom. The maximum absolute atomic E-state index is 13.2. The van der Waals surface area contributed by atoms with Crippen molar-refractivity contribution in [3.8, 4) is 0 Å². The highest BCUT2D eigenvalue weighted by molar-refractivity contribution is 7.80. The lowest BCUT2D eigenvalue weighted by Crippen LogP contribution is -2.45. The lowest BCUT2D eigenvalue weighted by atomic mass is 10.0. The molecule has 23 heavy (non-hydrogen) atoms. The van der Waals surface area contributed by atoms with Crippen molar-refractivity contribution in [3.05, 3.63) is 47.8 Å². The van der Waals surface area contributed by atoms with Gasteiger partial charge in [0.1, 0.15) is 5.82 Å². The van der Waals surface area contributed by atoms with Crippen LogP contribution in [0.5, 0.6) is 0 Å². The van der Waals surface area contributed by atoms with E-state index >= 15 is 0 Å². The van der Waals surface area contributed by atoms with E-state index in [2.05, 4.69) is 22.1 Å². The van der Waals surface area contributed by atoms with Crippen molar-refractivity contribution >= 4 is 17.3 Å². The van der Waals surface area contributed by atoms with E-state index in [9.17, 15) is 4.39 Å². The Labute approximate surface area is 142 Å². The summed E-state index contributed by atoms with van der Waals surface area (Å²) < 4.78 is 18.6. The van der Waals surface area contributed by atoms with E-state index in [0.29, 0.717) is 18.2 Å². The van der Waals surface area contributed by atoms with Crippen LogP contribution in [0.1, 0.15) is 18.5 Å². The highest BCUT2D eigenvalue weighted by atomic mass is 32.1. The minimum atomic E-state index is -0.221. The fourth-order valence-corrected chi connectivity index (χ4v) is 2.67. The summed E-state index contributed by atoms with van der Waals surface area (Å²) in [6, 6.07) is 6.80. The average Bonchev–Trinajstić information content (AvgIpc) is 2.55. The van der Waals surface area contributed by atoms with E-state index in [1.165, 1.54) is 12.1 Å². The van der Waals surface area contributed by atoms with Crippen LogP contribution >= 0.6 is 12.2 Å². The number of hydrogen-bond acceptors (Lipinski definition) is 3. The van der Waals surface area contributed by atoms with Gasteiger partial charge in [0.2, 0.25) is 0 Å². The molecule has 126 valence electrons. The summed E-state index contributed by atoms with van der Waals surface area (Å²) in [4.78, 5) is 2.34. The highest BCUT2D eigenvalue weighted by Gasteiger charge is 2.22. The first-order valence-electron chi connectivity index (χ1n) is 7.79. The minimum Gasteiger partial charge on any atom is -0.379 e. The quantitative estimate of drug-likeness (QED) is 0.615. The number of nitrogens with one attached hydrogen (secondary N) is 2. The van der Waals surface area contributed by atoms with Crippen molar-refractivity contribution in [1.82, 2.24) is 15.5 Å². The van der Waals surface area contributed by atoms with Gasteiger partial charge in [-0.2, -0.15) is 0 Å². The second-order valence-electron chi connectivity index (χ2n) is 5.74. The van der Waals surface area contributed by atoms with Crippen molar-refractivity contribution in [2.24, 2.45) is 0 Å². The molecule has 0 radical (unpaired) electrons. The normalized spacial score (nSPS) is 16.6. The first-order chi connectivity index (χ1) is 11.1. The third-order valence-electron chi connectivity index (χ3n) is 3.75. The molecule has 0 bridgehead atoms. The molecule has 1 heterocycles. The van der Waals surface area contributed by atoms with Gasteiger partial charge in [-0.3, -0.25) is 4.90 Å². The molecule has 0 spiro atoms. The van der Waals surface area contributed by atoms with Crippen molar-refractivity contribution < 1.29 is 9.13 Å². The summed E-state index contributed by atoms with van der Waals surface area (Å²) in [5.41, 5.74) is 2.10. The molecule has 1 aliphatic heterocycles. The number of hydrogen-bond donors (Lipinski definition) is 2. The predicted molar refractivity (Wildman–Crippen MR) is 95.0 cm³/mol. The number of rotatable bonds is 6. The first kappa shape index (κ1) is 17.8. The van der Waals surface area contributed by atoms with Crippen LogP contribution in [0, 0.1) is 5.82 Å². The number of nitrogens with zero attached hydrogens (tertiary/aromatic N) is 1. The molecule has 1 aromatic carbocycles. The van der Waals surface area contributed by atoms with E-state index < -0.39 is 0 Å². The molecule has 0 aliphatic carbocycles. The van der Waals surface area contributed by atoms with Crippen molar-refractivity contribution in [1.29, 1.82) is 0 Å². The largest absolute Gasteiger partial charge is 0.379 e. The van der Waals surface area contributed by atoms with Crippen molar-refractivity contribution in [2.45, 2.75) is 13.0 Å². The zero-order valence-electron chi connectivity index (χ0n) is 13.5. The monoisotopic (exact) mass is 337 g/mol. The average molecular weight is 337 g/mol. The molecule has 1 saturated heterocycles. The maximum Gasteiger partial charge on any atom is 0.166 e. The molecule has 4 nitrogen and oxygen atoms in total. The van der Waals surface area contributed by atoms with Crippen LogP contribution in [0.3, 0.4) is 0 Å². The molecule has 6 heteroatoms. The molecular weight excluding hydrogens is 313 g/mol. The van der Waals surface area contributed by atoms with Crippen LogP contribution in [0.2, 0.25) is 0 Å². The summed E-state index contributed by atoms with van der Waals surface area (Å²) in [7, 11) is 0. The summed E-state index contributed by atoms with van der Waals surface area (Å²) >= 11 is 5.30. The second kappa shape index (κ2) is 8.96. The van der Waals surface area contributed by atoms with E-state index in [0.717, 1.165) is 37.4 Å². The van der Waals surface area contributed by atoms with Gasteiger partial charge in [-0.05, 0) is 36.8 Å². The molecule has 0 aromatic heterocycles. The molecule has 2 rings (SSSR count). The van der Waals surface area contributed by atoms with Crippen molar-refractivity contribution in [2.75, 3.05) is 39.4 Å². The predicted octanol–water partition coefficient (Wildman–Crippen LogP) is 2.24. The fraction of sp³-hybridized carbons (Fsp3) is 0.471. The molecule has 1 aliphatic rings. The summed E-state index contributed by atoms with van der Waals surface area (Å²) in [5.74, 6) is -0.221. The van der Waals surface area contributed by atoms with Crippen molar-refractivity contribution in [3.63, 3.8) is 0 Å². The molecule has 0 amide bonds. The fourth-order valence-electron chi connectivity index (χ4n) is 2.51. The van der Waals surface area contributed by atoms with Gasteiger partial charge in [-0.15, -0.1) is 0 Å². The second-order valence-corrected chi connectivity index (χ2v) is 6.14. The lowest BCUT2D eigenvalue weighted by molar-refractivity contribution is 0.0170. The number of morpholine rings is 1. The Bertz CT molecular complexity index is 529. The third-order valence-corrected chi connectivity index (χ3v) is 4.04. The van der Waals surface area contributed by atoms with E-state index in [1.807, 2.05) is 19.1 Å². The van der Waals surface area contributed by atoms with Gasteiger partial charge < -0.3 is 15.4 Å². The number of thiocarbonyl (C=S) groups is 1. The van der Waals surface area contributed by atoms with Crippen LogP contribution < -0.4 is 10.6 Å². The summed E-state index contributed by atoms with van der Waals surface area (Å²) in [6.07, 6.45) is 0. The number of halogens is 1. The van der Waals surface area contributed by atoms with Gasteiger partial charge in [0, 0.05) is 26.2 Å². The van der Waals surface area contributed by atoms with Gasteiger partial charge in [0.15, 0.2) is 5.11 Å². The van der Waals surface area contributed by atoms with E-state index in [1.54, 1.807) is 0 Å². The Balaban J connectivity index is 1.99. The number of benzene rings is 1. The highest BCUT2D eigenvalue weighted by Crippen LogP contribution is 2.21. The van der Waals surface area contributed by atoms with E-state index in [-0.39, 0.29) is 11.9 Å². The Morgan fingerprint density at radius 1 is 1.30 bits per heavy atom. The van der Waals surface area contributed by atoms with Gasteiger partial charge >= 0.3 is 0 Å². The smallest absolute Gasteiger partial charge is 0.166 e. The van der Waals surface area contributed by atoms with Crippen LogP contribution in [-0.4, -0.2) is 49.4 Å². The summed E-state index contributed by atoms with van der Waals surface area (Å²) in [5, 5.41) is 6.98. The standard InChI is InChI=1S/C17H24FN3OS/c1-13(2)11-19-17(23)20-12-16(21-7-9-22-10-8-21)14-3-5-15(18)6-4-14/h3-6,16H,1,7-12H2,2H3,(H2,19,20,23)/t16-/m0/s1. The minimum absolute atomic E-state index is 0.129. The molecule has 0 unspecified atom stereocenters. The van der Waals surface area contributed by atoms with Gasteiger partial charge in [0.25, 0.3) is 0 Å². The molecule has 2 N–H and O–H groups in total. The lowest BCUT2D eigenvalue weighted by Gasteiger charge is -2.35. The Kier molecular flexibility index (Phi) is 6.95. The third kappa shape index (κ3) is 5.89. The zero-order valence-corrected chi connectivity index (χ0v) is 14.3. The van der Waals surface area contributed by atoms with Crippen LogP contribution in [0.4, 0.5) is 4.39 Å². The van der Waals surface area contributed by atoms with Crippen LogP contribution in [-0.2, 0) is 4.74 Å². The summed E-state index contributed by atoms with van der Waals surface area (Å²) in [6.45, 7) is 10.3. The molecule has 1 aromatic rings. The first-order valence-corrected chi connectivity index (χ1v) is 8.20. The van der Waals surface area contributed by atoms with Gasteiger partial charge in [-0.1, -0.05) is 24.3 Å². The van der Waals surface area contributed by atoms with E-state index in [4.69, 9.17) is 17.0 Å². The molecule has 0 saturated carbocycles. The van der Waals surface area contributed by atoms with Gasteiger partial charge in [-0.25, -0.2) is 4.39 Å². The molecule has 1 fully saturated rings. The molecular formula is C17H24FN3OS. The van der Waals surface area contributed by atoms with Gasteiger partial charge in [0.05, 0.1) is 19.3 Å². The Hall–Kier alpha value is -1.50. The SMILES string of the molecule is C=C(C)CNC(=S)NC[C@@H](c1ccc(F)cc1)N1CCOCC1.